The maximum Gasteiger partial charge on any atom is 0.0958 e. The van der Waals surface area contributed by atoms with Gasteiger partial charge < -0.3 is 0 Å². The summed E-state index contributed by atoms with van der Waals surface area (Å²) in [5, 5.41) is 2.26. The summed E-state index contributed by atoms with van der Waals surface area (Å²) >= 11 is 0. The van der Waals surface area contributed by atoms with E-state index >= 15 is 0 Å². The Kier molecular flexibility index (Phi) is 5.42. The molecule has 0 radical (unpaired) electrons. The van der Waals surface area contributed by atoms with Crippen LogP contribution in [0.2, 0.25) is 0 Å². The van der Waals surface area contributed by atoms with Crippen LogP contribution in [0.3, 0.4) is 0 Å². The molecule has 0 fully saturated rings. The first-order chi connectivity index (χ1) is 14.3. The van der Waals surface area contributed by atoms with Gasteiger partial charge in [0.25, 0.3) is 0 Å². The first-order valence-electron chi connectivity index (χ1n) is 10.9. The van der Waals surface area contributed by atoms with Gasteiger partial charge in [-0.15, -0.1) is 0 Å². The molecule has 1 aliphatic rings. The van der Waals surface area contributed by atoms with Crippen LogP contribution in [-0.2, 0) is 5.41 Å². The molecule has 0 aliphatic carbocycles. The molecule has 154 valence electrons. The fraction of sp³-hybridized carbons (Fsp3) is 0.286. The largest absolute Gasteiger partial charge is 0.297 e. The van der Waals surface area contributed by atoms with Crippen LogP contribution in [0.4, 0.5) is 5.69 Å². The van der Waals surface area contributed by atoms with Crippen LogP contribution >= 0.6 is 0 Å². The molecular formula is C28H32N2. The quantitative estimate of drug-likeness (QED) is 0.501. The monoisotopic (exact) mass is 396 g/mol. The number of hydrogen-bond donors (Lipinski definition) is 1. The second kappa shape index (κ2) is 8.02. The SMILES string of the molecule is CC(C)c1ccc(C2=CC(c3ccc(C(C)(C)C)cc3)N(c3ccccc3)N2)cc1. The van der Waals surface area contributed by atoms with E-state index in [2.05, 4.69) is 130 Å². The maximum absolute atomic E-state index is 3.66. The van der Waals surface area contributed by atoms with E-state index in [1.807, 2.05) is 0 Å². The lowest BCUT2D eigenvalue weighted by Crippen LogP contribution is -2.33. The second-order valence-electron chi connectivity index (χ2n) is 9.49. The standard InChI is InChI=1S/C28H32N2/c1-20(2)21-11-13-22(14-12-21)26-19-27(30(29-26)25-9-7-6-8-10-25)23-15-17-24(18-16-23)28(3,4)5/h6-20,27,29H,1-5H3. The molecule has 1 atom stereocenters. The minimum Gasteiger partial charge on any atom is -0.297 e. The van der Waals surface area contributed by atoms with Crippen molar-refractivity contribution in [2.75, 3.05) is 5.01 Å². The average molecular weight is 397 g/mol. The minimum absolute atomic E-state index is 0.140. The summed E-state index contributed by atoms with van der Waals surface area (Å²) in [5.41, 5.74) is 11.4. The molecule has 0 saturated heterocycles. The average Bonchev–Trinajstić information content (AvgIpc) is 3.19. The van der Waals surface area contributed by atoms with Crippen molar-refractivity contribution in [2.45, 2.75) is 52.0 Å². The minimum atomic E-state index is 0.140. The first-order valence-corrected chi connectivity index (χ1v) is 10.9. The summed E-state index contributed by atoms with van der Waals surface area (Å²) in [6.45, 7) is 11.2. The van der Waals surface area contributed by atoms with Crippen molar-refractivity contribution in [1.29, 1.82) is 0 Å². The van der Waals surface area contributed by atoms with Gasteiger partial charge >= 0.3 is 0 Å². The zero-order chi connectivity index (χ0) is 21.3. The first kappa shape index (κ1) is 20.3. The highest BCUT2D eigenvalue weighted by atomic mass is 15.5. The van der Waals surface area contributed by atoms with Gasteiger partial charge in [0.05, 0.1) is 17.4 Å². The van der Waals surface area contributed by atoms with Crippen molar-refractivity contribution in [2.24, 2.45) is 0 Å². The van der Waals surface area contributed by atoms with Crippen molar-refractivity contribution < 1.29 is 0 Å². The molecule has 3 aromatic rings. The van der Waals surface area contributed by atoms with E-state index in [0.717, 1.165) is 11.4 Å². The van der Waals surface area contributed by atoms with Crippen LogP contribution < -0.4 is 10.4 Å². The third-order valence-corrected chi connectivity index (χ3v) is 5.88. The molecule has 30 heavy (non-hydrogen) atoms. The number of nitrogens with zero attached hydrogens (tertiary/aromatic N) is 1. The molecule has 1 aliphatic heterocycles. The molecule has 4 rings (SSSR count). The van der Waals surface area contributed by atoms with Crippen LogP contribution in [0.25, 0.3) is 5.70 Å². The van der Waals surface area contributed by atoms with E-state index in [9.17, 15) is 0 Å². The Morgan fingerprint density at radius 1 is 0.800 bits per heavy atom. The molecule has 0 saturated carbocycles. The molecule has 1 unspecified atom stereocenters. The van der Waals surface area contributed by atoms with Crippen molar-refractivity contribution in [1.82, 2.24) is 5.43 Å². The van der Waals surface area contributed by atoms with Crippen LogP contribution in [0, 0.1) is 0 Å². The van der Waals surface area contributed by atoms with E-state index in [-0.39, 0.29) is 11.5 Å². The number of hydrogen-bond acceptors (Lipinski definition) is 2. The summed E-state index contributed by atoms with van der Waals surface area (Å²) in [6.07, 6.45) is 2.34. The summed E-state index contributed by atoms with van der Waals surface area (Å²) in [5.74, 6) is 0.541. The molecular weight excluding hydrogens is 364 g/mol. The highest BCUT2D eigenvalue weighted by molar-refractivity contribution is 5.72. The van der Waals surface area contributed by atoms with Gasteiger partial charge in [0, 0.05) is 0 Å². The van der Waals surface area contributed by atoms with Gasteiger partial charge in [0.15, 0.2) is 0 Å². The molecule has 2 heteroatoms. The zero-order valence-electron chi connectivity index (χ0n) is 18.7. The Morgan fingerprint density at radius 3 is 2.00 bits per heavy atom. The number of nitrogens with one attached hydrogen (secondary N) is 1. The predicted molar refractivity (Wildman–Crippen MR) is 128 cm³/mol. The molecule has 2 nitrogen and oxygen atoms in total. The number of benzene rings is 3. The van der Waals surface area contributed by atoms with E-state index in [1.54, 1.807) is 0 Å². The Hall–Kier alpha value is -3.00. The Balaban J connectivity index is 1.70. The van der Waals surface area contributed by atoms with Crippen LogP contribution in [0.5, 0.6) is 0 Å². The fourth-order valence-corrected chi connectivity index (χ4v) is 3.92. The Morgan fingerprint density at radius 2 is 1.43 bits per heavy atom. The van der Waals surface area contributed by atoms with E-state index in [1.165, 1.54) is 22.3 Å². The lowest BCUT2D eigenvalue weighted by molar-refractivity contribution is 0.589. The summed E-state index contributed by atoms with van der Waals surface area (Å²) < 4.78 is 0. The third-order valence-electron chi connectivity index (χ3n) is 5.88. The molecule has 0 bridgehead atoms. The maximum atomic E-state index is 3.66. The molecule has 1 N–H and O–H groups in total. The molecule has 0 spiro atoms. The van der Waals surface area contributed by atoms with E-state index in [0.29, 0.717) is 5.92 Å². The van der Waals surface area contributed by atoms with E-state index < -0.39 is 0 Å². The van der Waals surface area contributed by atoms with Gasteiger partial charge in [-0.05, 0) is 51.8 Å². The lowest BCUT2D eigenvalue weighted by Gasteiger charge is -2.28. The zero-order valence-corrected chi connectivity index (χ0v) is 18.7. The summed E-state index contributed by atoms with van der Waals surface area (Å²) in [7, 11) is 0. The molecule has 0 aromatic heterocycles. The van der Waals surface area contributed by atoms with Gasteiger partial charge in [-0.1, -0.05) is 101 Å². The second-order valence-corrected chi connectivity index (χ2v) is 9.49. The van der Waals surface area contributed by atoms with Crippen LogP contribution in [-0.4, -0.2) is 0 Å². The van der Waals surface area contributed by atoms with Crippen molar-refractivity contribution in [3.05, 3.63) is 107 Å². The number of para-hydroxylation sites is 1. The van der Waals surface area contributed by atoms with Crippen LogP contribution in [0.1, 0.15) is 68.8 Å². The molecule has 3 aromatic carbocycles. The highest BCUT2D eigenvalue weighted by Gasteiger charge is 2.27. The van der Waals surface area contributed by atoms with Gasteiger partial charge in [0.2, 0.25) is 0 Å². The normalized spacial score (nSPS) is 16.5. The Labute approximate surface area is 181 Å². The fourth-order valence-electron chi connectivity index (χ4n) is 3.92. The van der Waals surface area contributed by atoms with Gasteiger partial charge in [-0.2, -0.15) is 0 Å². The number of rotatable bonds is 4. The summed E-state index contributed by atoms with van der Waals surface area (Å²) in [6, 6.07) is 28.7. The van der Waals surface area contributed by atoms with Gasteiger partial charge in [0.1, 0.15) is 0 Å². The topological polar surface area (TPSA) is 15.3 Å². The van der Waals surface area contributed by atoms with Crippen molar-refractivity contribution in [3.8, 4) is 0 Å². The van der Waals surface area contributed by atoms with Crippen molar-refractivity contribution in [3.63, 3.8) is 0 Å². The Bertz CT molecular complexity index is 1010. The third kappa shape index (κ3) is 4.14. The van der Waals surface area contributed by atoms with Gasteiger partial charge in [-0.3, -0.25) is 10.4 Å². The number of anilines is 1. The smallest absolute Gasteiger partial charge is 0.0958 e. The van der Waals surface area contributed by atoms with E-state index in [4.69, 9.17) is 0 Å². The van der Waals surface area contributed by atoms with Crippen LogP contribution in [0.15, 0.2) is 84.9 Å². The lowest BCUT2D eigenvalue weighted by atomic mass is 9.86. The van der Waals surface area contributed by atoms with Gasteiger partial charge in [-0.25, -0.2) is 0 Å². The molecule has 0 amide bonds. The summed E-state index contributed by atoms with van der Waals surface area (Å²) in [4.78, 5) is 0. The molecule has 1 heterocycles. The number of hydrazine groups is 1. The highest BCUT2D eigenvalue weighted by Crippen LogP contribution is 2.36. The van der Waals surface area contributed by atoms with Crippen molar-refractivity contribution >= 4 is 11.4 Å². The predicted octanol–water partition coefficient (Wildman–Crippen LogP) is 7.21.